The van der Waals surface area contributed by atoms with Gasteiger partial charge in [-0.3, -0.25) is 4.79 Å². The second kappa shape index (κ2) is 5.40. The molecule has 2 atom stereocenters. The molecule has 1 fully saturated rings. The van der Waals surface area contributed by atoms with E-state index in [-0.39, 0.29) is 18.1 Å². The van der Waals surface area contributed by atoms with Gasteiger partial charge in [-0.2, -0.15) is 0 Å². The predicted octanol–water partition coefficient (Wildman–Crippen LogP) is 3.75. The molecule has 1 aromatic carbocycles. The molecular formula is C18H15F2N3O. The minimum Gasteiger partial charge on any atom is -0.309 e. The van der Waals surface area contributed by atoms with E-state index in [0.29, 0.717) is 17.0 Å². The highest BCUT2D eigenvalue weighted by atomic mass is 19.1. The second-order valence-corrected chi connectivity index (χ2v) is 6.07. The van der Waals surface area contributed by atoms with Crippen LogP contribution in [0.15, 0.2) is 42.7 Å². The van der Waals surface area contributed by atoms with Crippen LogP contribution in [0.1, 0.15) is 12.0 Å². The highest BCUT2D eigenvalue weighted by Crippen LogP contribution is 2.34. The minimum absolute atomic E-state index is 0.253. The number of pyridine rings is 1. The topological polar surface area (TPSA) is 46.4 Å². The third-order valence-electron chi connectivity index (χ3n) is 4.33. The smallest absolute Gasteiger partial charge is 0.231 e. The molecule has 122 valence electrons. The van der Waals surface area contributed by atoms with Crippen LogP contribution in [0.4, 0.5) is 14.6 Å². The molecule has 0 radical (unpaired) electrons. The van der Waals surface area contributed by atoms with Crippen molar-refractivity contribution in [2.75, 3.05) is 5.32 Å². The van der Waals surface area contributed by atoms with Gasteiger partial charge in [0.25, 0.3) is 0 Å². The van der Waals surface area contributed by atoms with Crippen molar-refractivity contribution in [1.29, 1.82) is 0 Å². The highest BCUT2D eigenvalue weighted by Gasteiger charge is 2.43. The first-order chi connectivity index (χ1) is 11.5. The summed E-state index contributed by atoms with van der Waals surface area (Å²) in [5, 5.41) is 2.63. The summed E-state index contributed by atoms with van der Waals surface area (Å²) in [6.45, 7) is 1.73. The Morgan fingerprint density at radius 1 is 1.29 bits per heavy atom. The Balaban J connectivity index is 1.66. The Kier molecular flexibility index (Phi) is 3.33. The lowest BCUT2D eigenvalue weighted by Crippen LogP contribution is -2.15. The number of rotatable bonds is 3. The molecule has 1 amide bonds. The van der Waals surface area contributed by atoms with Gasteiger partial charge >= 0.3 is 0 Å². The summed E-state index contributed by atoms with van der Waals surface area (Å²) < 4.78 is 28.4. The van der Waals surface area contributed by atoms with Gasteiger partial charge in [0, 0.05) is 6.20 Å². The van der Waals surface area contributed by atoms with E-state index in [1.165, 1.54) is 6.07 Å². The first kappa shape index (κ1) is 14.8. The Morgan fingerprint density at radius 2 is 2.08 bits per heavy atom. The number of hydrogen-bond donors (Lipinski definition) is 1. The molecule has 0 saturated heterocycles. The first-order valence-electron chi connectivity index (χ1n) is 7.72. The zero-order valence-corrected chi connectivity index (χ0v) is 13.0. The molecule has 0 spiro atoms. The number of carbonyl (C=O) groups excluding carboxylic acids is 1. The number of amides is 1. The fourth-order valence-corrected chi connectivity index (χ4v) is 2.79. The van der Waals surface area contributed by atoms with Crippen LogP contribution in [-0.2, 0) is 4.79 Å². The van der Waals surface area contributed by atoms with Gasteiger partial charge in [0.15, 0.2) is 5.82 Å². The number of halogens is 2. The van der Waals surface area contributed by atoms with Crippen molar-refractivity contribution in [1.82, 2.24) is 9.38 Å². The lowest BCUT2D eigenvalue weighted by Gasteiger charge is -2.07. The number of aromatic nitrogens is 2. The van der Waals surface area contributed by atoms with Gasteiger partial charge < -0.3 is 9.72 Å². The summed E-state index contributed by atoms with van der Waals surface area (Å²) in [7, 11) is 0. The number of imidazole rings is 1. The molecule has 0 aliphatic heterocycles. The van der Waals surface area contributed by atoms with Gasteiger partial charge in [-0.05, 0) is 48.2 Å². The standard InChI is InChI=1S/C18H15F2N3O/c1-10-12(3-2-4-14(10)19)11-5-6-17-21-16(9-23(17)8-11)22-18(24)13-7-15(13)20/h2-6,8-9,13,15H,7H2,1H3,(H,22,24). The molecule has 24 heavy (non-hydrogen) atoms. The zero-order valence-electron chi connectivity index (χ0n) is 13.0. The largest absolute Gasteiger partial charge is 0.309 e. The van der Waals surface area contributed by atoms with Crippen LogP contribution in [0.2, 0.25) is 0 Å². The average molecular weight is 327 g/mol. The zero-order chi connectivity index (χ0) is 16.8. The summed E-state index contributed by atoms with van der Waals surface area (Å²) in [5.74, 6) is -0.768. The number of nitrogens with one attached hydrogen (secondary N) is 1. The molecule has 2 aromatic heterocycles. The maximum atomic E-state index is 13.7. The van der Waals surface area contributed by atoms with Gasteiger partial charge in [-0.15, -0.1) is 0 Å². The Morgan fingerprint density at radius 3 is 2.83 bits per heavy atom. The van der Waals surface area contributed by atoms with Crippen molar-refractivity contribution in [3.05, 3.63) is 54.1 Å². The SMILES string of the molecule is Cc1c(F)cccc1-c1ccc2nc(NC(=O)C3CC3F)cn2c1. The molecule has 4 nitrogen and oxygen atoms in total. The molecule has 3 aromatic rings. The van der Waals surface area contributed by atoms with Crippen LogP contribution in [0.3, 0.4) is 0 Å². The summed E-state index contributed by atoms with van der Waals surface area (Å²) in [5.41, 5.74) is 2.87. The van der Waals surface area contributed by atoms with Crippen molar-refractivity contribution in [3.8, 4) is 11.1 Å². The molecule has 6 heteroatoms. The number of nitrogens with zero attached hydrogens (tertiary/aromatic N) is 2. The molecule has 2 heterocycles. The van der Waals surface area contributed by atoms with Crippen LogP contribution in [0.5, 0.6) is 0 Å². The van der Waals surface area contributed by atoms with E-state index in [9.17, 15) is 13.6 Å². The lowest BCUT2D eigenvalue weighted by atomic mass is 10.0. The monoisotopic (exact) mass is 327 g/mol. The summed E-state index contributed by atoms with van der Waals surface area (Å²) in [6, 6.07) is 8.61. The van der Waals surface area contributed by atoms with Crippen molar-refractivity contribution in [2.45, 2.75) is 19.5 Å². The van der Waals surface area contributed by atoms with Crippen molar-refractivity contribution in [3.63, 3.8) is 0 Å². The van der Waals surface area contributed by atoms with E-state index in [1.54, 1.807) is 29.7 Å². The molecule has 1 aliphatic rings. The number of alkyl halides is 1. The van der Waals surface area contributed by atoms with Crippen molar-refractivity contribution in [2.24, 2.45) is 5.92 Å². The van der Waals surface area contributed by atoms with Crippen LogP contribution in [-0.4, -0.2) is 21.5 Å². The molecular weight excluding hydrogens is 312 g/mol. The van der Waals surface area contributed by atoms with E-state index in [2.05, 4.69) is 10.3 Å². The average Bonchev–Trinajstić information content (AvgIpc) is 3.15. The van der Waals surface area contributed by atoms with E-state index in [4.69, 9.17) is 0 Å². The minimum atomic E-state index is -1.04. The van der Waals surface area contributed by atoms with E-state index in [1.807, 2.05) is 18.3 Å². The maximum absolute atomic E-state index is 13.7. The molecule has 0 bridgehead atoms. The van der Waals surface area contributed by atoms with Crippen LogP contribution >= 0.6 is 0 Å². The van der Waals surface area contributed by atoms with Crippen LogP contribution in [0, 0.1) is 18.7 Å². The van der Waals surface area contributed by atoms with Crippen LogP contribution in [0.25, 0.3) is 16.8 Å². The van der Waals surface area contributed by atoms with Crippen molar-refractivity contribution < 1.29 is 13.6 Å². The van der Waals surface area contributed by atoms with Gasteiger partial charge in [-0.25, -0.2) is 13.8 Å². The van der Waals surface area contributed by atoms with E-state index < -0.39 is 12.1 Å². The van der Waals surface area contributed by atoms with E-state index >= 15 is 0 Å². The summed E-state index contributed by atoms with van der Waals surface area (Å²) in [6.07, 6.45) is 2.74. The van der Waals surface area contributed by atoms with Gasteiger partial charge in [0.1, 0.15) is 17.6 Å². The van der Waals surface area contributed by atoms with Gasteiger partial charge in [0.05, 0.1) is 12.1 Å². The van der Waals surface area contributed by atoms with Crippen molar-refractivity contribution >= 4 is 17.4 Å². The maximum Gasteiger partial charge on any atom is 0.231 e. The Labute approximate surface area is 137 Å². The predicted molar refractivity (Wildman–Crippen MR) is 87.0 cm³/mol. The lowest BCUT2D eigenvalue weighted by molar-refractivity contribution is -0.117. The third-order valence-corrected chi connectivity index (χ3v) is 4.33. The molecule has 1 saturated carbocycles. The fourth-order valence-electron chi connectivity index (χ4n) is 2.79. The normalized spacial score (nSPS) is 19.5. The summed E-state index contributed by atoms with van der Waals surface area (Å²) in [4.78, 5) is 16.1. The quantitative estimate of drug-likeness (QED) is 0.796. The Hall–Kier alpha value is -2.76. The molecule has 2 unspecified atom stereocenters. The first-order valence-corrected chi connectivity index (χ1v) is 7.72. The number of fused-ring (bicyclic) bond motifs is 1. The summed E-state index contributed by atoms with van der Waals surface area (Å²) >= 11 is 0. The molecule has 4 rings (SSSR count). The number of benzene rings is 1. The number of carbonyl (C=O) groups is 1. The third kappa shape index (κ3) is 2.54. The second-order valence-electron chi connectivity index (χ2n) is 6.07. The highest BCUT2D eigenvalue weighted by molar-refractivity contribution is 5.94. The molecule has 1 N–H and O–H groups in total. The number of hydrogen-bond acceptors (Lipinski definition) is 2. The Bertz CT molecular complexity index is 951. The number of anilines is 1. The molecule has 1 aliphatic carbocycles. The van der Waals surface area contributed by atoms with Crippen LogP contribution < -0.4 is 5.32 Å². The van der Waals surface area contributed by atoms with Gasteiger partial charge in [0.2, 0.25) is 5.91 Å². The van der Waals surface area contributed by atoms with Gasteiger partial charge in [-0.1, -0.05) is 12.1 Å². The fraction of sp³-hybridized carbons (Fsp3) is 0.222. The van der Waals surface area contributed by atoms with E-state index in [0.717, 1.165) is 11.1 Å².